The molecule has 0 radical (unpaired) electrons. The molecule has 0 saturated carbocycles. The van der Waals surface area contributed by atoms with Gasteiger partial charge in [0, 0.05) is 10.0 Å². The zero-order valence-corrected chi connectivity index (χ0v) is 15.1. The van der Waals surface area contributed by atoms with Crippen molar-refractivity contribution in [2.75, 3.05) is 0 Å². The van der Waals surface area contributed by atoms with Gasteiger partial charge in [-0.25, -0.2) is 8.42 Å². The lowest BCUT2D eigenvalue weighted by Gasteiger charge is -2.08. The largest absolute Gasteiger partial charge is 0.434 e. The lowest BCUT2D eigenvalue weighted by molar-refractivity contribution is -0.0499. The second-order valence-corrected chi connectivity index (χ2v) is 7.80. The van der Waals surface area contributed by atoms with Crippen LogP contribution in [-0.2, 0) is 15.6 Å². The Balaban J connectivity index is 2.37. The Morgan fingerprint density at radius 2 is 1.84 bits per heavy atom. The van der Waals surface area contributed by atoms with Gasteiger partial charge in [0.05, 0.1) is 5.75 Å². The number of halogens is 3. The zero-order valence-electron chi connectivity index (χ0n) is 12.7. The number of alkyl halides is 2. The smallest absolute Gasteiger partial charge is 0.387 e. The number of hydrogen-bond acceptors (Lipinski definition) is 4. The highest BCUT2D eigenvalue weighted by molar-refractivity contribution is 9.10. The molecule has 0 saturated heterocycles. The van der Waals surface area contributed by atoms with E-state index in [2.05, 4.69) is 20.7 Å². The van der Waals surface area contributed by atoms with Crippen LogP contribution in [0.25, 0.3) is 6.08 Å². The minimum atomic E-state index is -3.94. The van der Waals surface area contributed by atoms with E-state index in [0.717, 1.165) is 10.5 Å². The second kappa shape index (κ2) is 8.23. The monoisotopic (exact) mass is 427 g/mol. The number of hydrogen-bond donors (Lipinski definition) is 0. The molecule has 25 heavy (non-hydrogen) atoms. The van der Waals surface area contributed by atoms with Crippen LogP contribution in [0.15, 0.2) is 57.9 Å². The molecule has 0 aromatic heterocycles. The van der Waals surface area contributed by atoms with Gasteiger partial charge in [-0.15, -0.1) is 0 Å². The van der Waals surface area contributed by atoms with Gasteiger partial charge >= 0.3 is 6.61 Å². The third kappa shape index (κ3) is 5.37. The van der Waals surface area contributed by atoms with Crippen LogP contribution in [0.5, 0.6) is 5.75 Å². The molecule has 130 valence electrons. The van der Waals surface area contributed by atoms with Gasteiger partial charge in [0.2, 0.25) is 0 Å². The number of allylic oxidation sites excluding steroid dienone is 1. The average molecular weight is 428 g/mol. The molecule has 2 aromatic rings. The van der Waals surface area contributed by atoms with Crippen LogP contribution >= 0.6 is 15.9 Å². The molecule has 0 unspecified atom stereocenters. The molecule has 0 aliphatic carbocycles. The summed E-state index contributed by atoms with van der Waals surface area (Å²) in [6.45, 7) is -3.06. The third-order valence-corrected chi connectivity index (χ3v) is 5.26. The number of benzene rings is 2. The summed E-state index contributed by atoms with van der Waals surface area (Å²) < 4.78 is 55.0. The lowest BCUT2D eigenvalue weighted by Crippen LogP contribution is -2.07. The van der Waals surface area contributed by atoms with Crippen molar-refractivity contribution in [3.05, 3.63) is 69.0 Å². The predicted molar refractivity (Wildman–Crippen MR) is 93.4 cm³/mol. The van der Waals surface area contributed by atoms with Crippen LogP contribution in [0.4, 0.5) is 8.78 Å². The van der Waals surface area contributed by atoms with Crippen molar-refractivity contribution in [3.63, 3.8) is 0 Å². The lowest BCUT2D eigenvalue weighted by atomic mass is 10.2. The summed E-state index contributed by atoms with van der Waals surface area (Å²) in [5, 5.41) is 9.22. The molecular formula is C17H12BrF2NO3S. The highest BCUT2D eigenvalue weighted by atomic mass is 79.9. The van der Waals surface area contributed by atoms with E-state index in [9.17, 15) is 22.5 Å². The minimum absolute atomic E-state index is 0.0822. The quantitative estimate of drug-likeness (QED) is 0.635. The van der Waals surface area contributed by atoms with Crippen molar-refractivity contribution in [3.8, 4) is 11.8 Å². The van der Waals surface area contributed by atoms with E-state index >= 15 is 0 Å². The first-order chi connectivity index (χ1) is 11.8. The topological polar surface area (TPSA) is 67.2 Å². The van der Waals surface area contributed by atoms with Crippen LogP contribution < -0.4 is 4.74 Å². The van der Waals surface area contributed by atoms with E-state index in [4.69, 9.17) is 0 Å². The van der Waals surface area contributed by atoms with Gasteiger partial charge in [0.15, 0.2) is 9.84 Å². The maximum Gasteiger partial charge on any atom is 0.387 e. The maximum absolute atomic E-state index is 12.5. The molecule has 0 N–H and O–H groups in total. The summed E-state index contributed by atoms with van der Waals surface area (Å²) >= 11 is 3.25. The maximum atomic E-state index is 12.5. The Labute approximate surface area is 152 Å². The number of sulfone groups is 1. The van der Waals surface area contributed by atoms with Crippen molar-refractivity contribution in [1.82, 2.24) is 0 Å². The average Bonchev–Trinajstić information content (AvgIpc) is 2.55. The van der Waals surface area contributed by atoms with E-state index in [1.165, 1.54) is 24.3 Å². The summed E-state index contributed by atoms with van der Waals surface area (Å²) in [5.41, 5.74) is 0.584. The first-order valence-electron chi connectivity index (χ1n) is 6.94. The van der Waals surface area contributed by atoms with E-state index in [-0.39, 0.29) is 17.1 Å². The molecule has 0 heterocycles. The number of nitriles is 1. The van der Waals surface area contributed by atoms with E-state index in [1.807, 2.05) is 0 Å². The Hall–Kier alpha value is -2.24. The first kappa shape index (κ1) is 19.1. The molecule has 0 amide bonds. The molecule has 4 nitrogen and oxygen atoms in total. The number of rotatable bonds is 6. The standard InChI is InChI=1S/C17H12BrF2NO3S/c18-14-7-5-12(6-8-14)11-25(22,23)15(10-21)9-13-3-1-2-4-16(13)24-17(19)20/h1-9,17H,11H2/b15-9+. The Morgan fingerprint density at radius 3 is 2.44 bits per heavy atom. The first-order valence-corrected chi connectivity index (χ1v) is 9.39. The summed E-state index contributed by atoms with van der Waals surface area (Å²) in [5.74, 6) is -0.582. The molecule has 0 spiro atoms. The second-order valence-electron chi connectivity index (χ2n) is 4.92. The molecule has 0 bridgehead atoms. The fourth-order valence-electron chi connectivity index (χ4n) is 2.01. The summed E-state index contributed by atoms with van der Waals surface area (Å²) in [7, 11) is -3.94. The van der Waals surface area contributed by atoms with E-state index in [0.29, 0.717) is 5.56 Å². The molecule has 2 aromatic carbocycles. The molecular weight excluding hydrogens is 416 g/mol. The summed E-state index contributed by atoms with van der Waals surface area (Å²) in [6.07, 6.45) is 1.03. The van der Waals surface area contributed by atoms with Gasteiger partial charge in [-0.05, 0) is 29.8 Å². The van der Waals surface area contributed by atoms with Gasteiger partial charge < -0.3 is 4.74 Å². The fourth-order valence-corrected chi connectivity index (χ4v) is 3.51. The molecule has 0 fully saturated rings. The number of para-hydroxylation sites is 1. The van der Waals surface area contributed by atoms with Gasteiger partial charge in [-0.3, -0.25) is 0 Å². The highest BCUT2D eigenvalue weighted by Crippen LogP contribution is 2.25. The van der Waals surface area contributed by atoms with Gasteiger partial charge in [-0.1, -0.05) is 46.3 Å². The summed E-state index contributed by atoms with van der Waals surface area (Å²) in [4.78, 5) is -0.527. The van der Waals surface area contributed by atoms with Crippen LogP contribution in [0.2, 0.25) is 0 Å². The highest BCUT2D eigenvalue weighted by Gasteiger charge is 2.20. The van der Waals surface area contributed by atoms with Crippen LogP contribution in [0.3, 0.4) is 0 Å². The third-order valence-electron chi connectivity index (χ3n) is 3.14. The molecule has 8 heteroatoms. The molecule has 0 atom stereocenters. The Bertz CT molecular complexity index is 920. The molecule has 0 aliphatic heterocycles. The fraction of sp³-hybridized carbons (Fsp3) is 0.118. The molecule has 2 rings (SSSR count). The minimum Gasteiger partial charge on any atom is -0.434 e. The van der Waals surface area contributed by atoms with Crippen molar-refractivity contribution in [2.45, 2.75) is 12.4 Å². The van der Waals surface area contributed by atoms with E-state index in [1.54, 1.807) is 30.3 Å². The van der Waals surface area contributed by atoms with Crippen molar-refractivity contribution >= 4 is 31.8 Å². The van der Waals surface area contributed by atoms with Gasteiger partial charge in [0.1, 0.15) is 16.7 Å². The van der Waals surface area contributed by atoms with E-state index < -0.39 is 21.4 Å². The Morgan fingerprint density at radius 1 is 1.20 bits per heavy atom. The Kier molecular flexibility index (Phi) is 6.28. The van der Waals surface area contributed by atoms with Gasteiger partial charge in [0.25, 0.3) is 0 Å². The normalized spacial score (nSPS) is 12.0. The predicted octanol–water partition coefficient (Wildman–Crippen LogP) is 4.53. The van der Waals surface area contributed by atoms with Gasteiger partial charge in [-0.2, -0.15) is 14.0 Å². The molecule has 0 aliphatic rings. The number of nitrogens with zero attached hydrogens (tertiary/aromatic N) is 1. The van der Waals surface area contributed by atoms with Crippen molar-refractivity contribution in [1.29, 1.82) is 5.26 Å². The SMILES string of the molecule is N#C/C(=C\c1ccccc1OC(F)F)S(=O)(=O)Cc1ccc(Br)cc1. The van der Waals surface area contributed by atoms with Crippen LogP contribution in [-0.4, -0.2) is 15.0 Å². The number of ether oxygens (including phenoxy) is 1. The van der Waals surface area contributed by atoms with Crippen LogP contribution in [0.1, 0.15) is 11.1 Å². The van der Waals surface area contributed by atoms with Crippen LogP contribution in [0, 0.1) is 11.3 Å². The summed E-state index contributed by atoms with van der Waals surface area (Å²) in [6, 6.07) is 13.9. The van der Waals surface area contributed by atoms with Crippen molar-refractivity contribution < 1.29 is 21.9 Å². The van der Waals surface area contributed by atoms with Crippen molar-refractivity contribution in [2.24, 2.45) is 0 Å². The zero-order chi connectivity index (χ0) is 18.4.